The molecule has 0 aliphatic rings. The second kappa shape index (κ2) is 8.55. The van der Waals surface area contributed by atoms with Gasteiger partial charge in [-0.3, -0.25) is 0 Å². The zero-order valence-corrected chi connectivity index (χ0v) is 15.1. The molecule has 0 N–H and O–H groups in total. The number of carboxylic acid groups (broad SMARTS) is 1. The molecule has 0 unspecified atom stereocenters. The molecule has 2 aromatic carbocycles. The smallest absolute Gasteiger partial charge is 0.161 e. The zero-order valence-electron chi connectivity index (χ0n) is 13.5. The van der Waals surface area contributed by atoms with Crippen LogP contribution in [-0.4, -0.2) is 19.2 Å². The average Bonchev–Trinajstić information content (AvgIpc) is 2.56. The maximum atomic E-state index is 11.6. The van der Waals surface area contributed by atoms with Gasteiger partial charge in [0.25, 0.3) is 0 Å². The first-order valence-corrected chi connectivity index (χ1v) is 8.43. The van der Waals surface area contributed by atoms with E-state index in [9.17, 15) is 9.90 Å². The van der Waals surface area contributed by atoms with Crippen molar-refractivity contribution in [3.8, 4) is 11.5 Å². The number of hydrogen-bond acceptors (Lipinski definition) is 4. The lowest BCUT2D eigenvalue weighted by molar-refractivity contribution is -0.295. The van der Waals surface area contributed by atoms with Gasteiger partial charge in [0, 0.05) is 10.0 Å². The van der Waals surface area contributed by atoms with Crippen molar-refractivity contribution in [3.05, 3.63) is 58.1 Å². The summed E-state index contributed by atoms with van der Waals surface area (Å²) >= 11 is 3.36. The minimum Gasteiger partial charge on any atom is -0.545 e. The standard InChI is InChI=1S/C19H19BrO4/c1-3-23-17-10-7-14(12-18(17)24-4-2)16(19(21)22)11-13-5-8-15(20)9-6-13/h5-12H,3-4H2,1-2H3,(H,21,22)/p-1/b16-11-. The van der Waals surface area contributed by atoms with Gasteiger partial charge >= 0.3 is 0 Å². The van der Waals surface area contributed by atoms with Crippen LogP contribution in [0.25, 0.3) is 11.6 Å². The van der Waals surface area contributed by atoms with Crippen LogP contribution in [-0.2, 0) is 4.79 Å². The second-order valence-corrected chi connectivity index (χ2v) is 5.84. The molecule has 0 bridgehead atoms. The van der Waals surface area contributed by atoms with E-state index in [-0.39, 0.29) is 5.57 Å². The van der Waals surface area contributed by atoms with Gasteiger partial charge in [0.05, 0.1) is 19.2 Å². The summed E-state index contributed by atoms with van der Waals surface area (Å²) in [6, 6.07) is 12.4. The highest BCUT2D eigenvalue weighted by atomic mass is 79.9. The van der Waals surface area contributed by atoms with Crippen molar-refractivity contribution in [1.29, 1.82) is 0 Å². The molecular weight excluding hydrogens is 372 g/mol. The molecule has 0 saturated carbocycles. The maximum absolute atomic E-state index is 11.6. The van der Waals surface area contributed by atoms with Crippen LogP contribution in [0.1, 0.15) is 25.0 Å². The van der Waals surface area contributed by atoms with Gasteiger partial charge < -0.3 is 19.4 Å². The van der Waals surface area contributed by atoms with Crippen LogP contribution >= 0.6 is 15.9 Å². The fraction of sp³-hybridized carbons (Fsp3) is 0.211. The third-order valence-corrected chi connectivity index (χ3v) is 3.78. The Morgan fingerprint density at radius 3 is 2.25 bits per heavy atom. The Bertz CT molecular complexity index is 736. The zero-order chi connectivity index (χ0) is 17.5. The predicted molar refractivity (Wildman–Crippen MR) is 95.8 cm³/mol. The van der Waals surface area contributed by atoms with Gasteiger partial charge in [-0.05, 0) is 55.3 Å². The van der Waals surface area contributed by atoms with Crippen molar-refractivity contribution in [3.63, 3.8) is 0 Å². The van der Waals surface area contributed by atoms with Crippen molar-refractivity contribution >= 4 is 33.5 Å². The lowest BCUT2D eigenvalue weighted by Gasteiger charge is -2.15. The molecule has 0 heterocycles. The number of rotatable bonds is 7. The van der Waals surface area contributed by atoms with E-state index in [1.54, 1.807) is 24.3 Å². The van der Waals surface area contributed by atoms with Crippen molar-refractivity contribution in [2.24, 2.45) is 0 Å². The van der Waals surface area contributed by atoms with Crippen molar-refractivity contribution in [2.45, 2.75) is 13.8 Å². The molecule has 2 rings (SSSR count). The summed E-state index contributed by atoms with van der Waals surface area (Å²) in [6.45, 7) is 4.70. The quantitative estimate of drug-likeness (QED) is 0.536. The third-order valence-electron chi connectivity index (χ3n) is 3.26. The topological polar surface area (TPSA) is 58.6 Å². The lowest BCUT2D eigenvalue weighted by Crippen LogP contribution is -2.23. The van der Waals surface area contributed by atoms with E-state index in [4.69, 9.17) is 9.47 Å². The molecule has 24 heavy (non-hydrogen) atoms. The summed E-state index contributed by atoms with van der Waals surface area (Å²) < 4.78 is 12.0. The average molecular weight is 390 g/mol. The number of carboxylic acids is 1. The predicted octanol–water partition coefficient (Wildman–Crippen LogP) is 3.54. The molecule has 0 fully saturated rings. The van der Waals surface area contributed by atoms with E-state index >= 15 is 0 Å². The molecule has 5 heteroatoms. The number of ether oxygens (including phenoxy) is 2. The number of carbonyl (C=O) groups excluding carboxylic acids is 1. The Labute approximate surface area is 149 Å². The Kier molecular flexibility index (Phi) is 6.44. The molecule has 126 valence electrons. The Hall–Kier alpha value is -2.27. The Balaban J connectivity index is 2.45. The van der Waals surface area contributed by atoms with Gasteiger partial charge in [-0.25, -0.2) is 0 Å². The molecule has 0 radical (unpaired) electrons. The SMILES string of the molecule is CCOc1ccc(/C(=C/c2ccc(Br)cc2)C(=O)[O-])cc1OCC. The first-order chi connectivity index (χ1) is 11.5. The van der Waals surface area contributed by atoms with Crippen molar-refractivity contribution in [2.75, 3.05) is 13.2 Å². The van der Waals surface area contributed by atoms with Crippen LogP contribution < -0.4 is 14.6 Å². The van der Waals surface area contributed by atoms with E-state index in [0.717, 1.165) is 10.0 Å². The van der Waals surface area contributed by atoms with Crippen LogP contribution in [0.4, 0.5) is 0 Å². The summed E-state index contributed by atoms with van der Waals surface area (Å²) in [5.41, 5.74) is 1.36. The molecule has 0 aromatic heterocycles. The summed E-state index contributed by atoms with van der Waals surface area (Å²) in [7, 11) is 0. The number of benzene rings is 2. The van der Waals surface area contributed by atoms with Crippen LogP contribution in [0, 0.1) is 0 Å². The van der Waals surface area contributed by atoms with Crippen LogP contribution in [0.5, 0.6) is 11.5 Å². The molecule has 0 atom stereocenters. The Morgan fingerprint density at radius 2 is 1.67 bits per heavy atom. The fourth-order valence-electron chi connectivity index (χ4n) is 2.20. The number of carbonyl (C=O) groups is 1. The molecule has 2 aromatic rings. The first-order valence-electron chi connectivity index (χ1n) is 7.63. The number of hydrogen-bond donors (Lipinski definition) is 0. The summed E-state index contributed by atoms with van der Waals surface area (Å²) in [5, 5.41) is 11.6. The molecule has 0 aliphatic heterocycles. The Morgan fingerprint density at radius 1 is 1.04 bits per heavy atom. The van der Waals surface area contributed by atoms with Gasteiger partial charge in [0.15, 0.2) is 11.5 Å². The highest BCUT2D eigenvalue weighted by Crippen LogP contribution is 2.31. The van der Waals surface area contributed by atoms with Gasteiger partial charge in [-0.2, -0.15) is 0 Å². The number of halogens is 1. The normalized spacial score (nSPS) is 11.2. The minimum absolute atomic E-state index is 0.0846. The van der Waals surface area contributed by atoms with Crippen LogP contribution in [0.2, 0.25) is 0 Å². The van der Waals surface area contributed by atoms with E-state index in [2.05, 4.69) is 15.9 Å². The van der Waals surface area contributed by atoms with Gasteiger partial charge in [-0.15, -0.1) is 0 Å². The monoisotopic (exact) mass is 389 g/mol. The van der Waals surface area contributed by atoms with Crippen LogP contribution in [0.15, 0.2) is 46.9 Å². The lowest BCUT2D eigenvalue weighted by atomic mass is 10.0. The summed E-state index contributed by atoms with van der Waals surface area (Å²) in [6.07, 6.45) is 1.58. The van der Waals surface area contributed by atoms with Gasteiger partial charge in [-0.1, -0.05) is 34.1 Å². The molecule has 0 amide bonds. The van der Waals surface area contributed by atoms with Gasteiger partial charge in [0.1, 0.15) is 0 Å². The third kappa shape index (κ3) is 4.61. The first kappa shape index (κ1) is 18.1. The fourth-order valence-corrected chi connectivity index (χ4v) is 2.47. The van der Waals surface area contributed by atoms with E-state index in [1.165, 1.54) is 0 Å². The summed E-state index contributed by atoms with van der Waals surface area (Å²) in [4.78, 5) is 11.6. The summed E-state index contributed by atoms with van der Waals surface area (Å²) in [5.74, 6) is -0.145. The molecule has 4 nitrogen and oxygen atoms in total. The van der Waals surface area contributed by atoms with E-state index < -0.39 is 5.97 Å². The molecular formula is C19H18BrO4-. The highest BCUT2D eigenvalue weighted by molar-refractivity contribution is 9.10. The minimum atomic E-state index is -1.25. The maximum Gasteiger partial charge on any atom is 0.161 e. The molecule has 0 aliphatic carbocycles. The largest absolute Gasteiger partial charge is 0.545 e. The van der Waals surface area contributed by atoms with Gasteiger partial charge in [0.2, 0.25) is 0 Å². The van der Waals surface area contributed by atoms with Crippen molar-refractivity contribution < 1.29 is 19.4 Å². The molecule has 0 saturated heterocycles. The molecule has 0 spiro atoms. The van der Waals surface area contributed by atoms with E-state index in [1.807, 2.05) is 38.1 Å². The van der Waals surface area contributed by atoms with Crippen molar-refractivity contribution in [1.82, 2.24) is 0 Å². The second-order valence-electron chi connectivity index (χ2n) is 4.92. The van der Waals surface area contributed by atoms with Crippen LogP contribution in [0.3, 0.4) is 0 Å². The highest BCUT2D eigenvalue weighted by Gasteiger charge is 2.10. The number of aliphatic carboxylic acids is 1. The van der Waals surface area contributed by atoms with E-state index in [0.29, 0.717) is 30.3 Å².